The molecule has 4 rings (SSSR count). The second-order valence-electron chi connectivity index (χ2n) is 6.42. The number of carbonyl (C=O) groups is 1. The van der Waals surface area contributed by atoms with Crippen LogP contribution in [0, 0.1) is 6.92 Å². The number of benzene rings is 2. The Morgan fingerprint density at radius 2 is 1.81 bits per heavy atom. The fourth-order valence-electron chi connectivity index (χ4n) is 2.85. The highest BCUT2D eigenvalue weighted by atomic mass is 16.6. The monoisotopic (exact) mass is 421 g/mol. The van der Waals surface area contributed by atoms with Crippen molar-refractivity contribution in [1.82, 2.24) is 25.1 Å². The minimum absolute atomic E-state index is 0.114. The van der Waals surface area contributed by atoms with Crippen LogP contribution in [-0.2, 0) is 11.3 Å². The largest absolute Gasteiger partial charge is 0.493 e. The zero-order valence-corrected chi connectivity index (χ0v) is 17.1. The lowest BCUT2D eigenvalue weighted by Crippen LogP contribution is -2.08. The lowest BCUT2D eigenvalue weighted by Gasteiger charge is -2.07. The maximum atomic E-state index is 12.5. The molecule has 0 radical (unpaired) electrons. The quantitative estimate of drug-likeness (QED) is 0.415. The molecular formula is C21H19N5O5. The molecule has 2 aromatic heterocycles. The van der Waals surface area contributed by atoms with Crippen molar-refractivity contribution >= 4 is 5.97 Å². The molecule has 10 nitrogen and oxygen atoms in total. The van der Waals surface area contributed by atoms with Crippen LogP contribution in [0.2, 0.25) is 0 Å². The van der Waals surface area contributed by atoms with Gasteiger partial charge in [0.05, 0.1) is 25.6 Å². The molecule has 0 atom stereocenters. The van der Waals surface area contributed by atoms with E-state index in [4.69, 9.17) is 18.7 Å². The molecule has 0 aliphatic rings. The van der Waals surface area contributed by atoms with Crippen molar-refractivity contribution in [3.63, 3.8) is 0 Å². The topological polar surface area (TPSA) is 114 Å². The standard InChI is InChI=1S/C21H19N5O5/c1-13-19(24-26(23-13)15-7-5-4-6-8-15)21(27)30-12-18-22-20(25-31-18)14-9-10-16(28-2)17(11-14)29-3/h4-11H,12H2,1-3H3. The van der Waals surface area contributed by atoms with Crippen LogP contribution in [0.1, 0.15) is 22.1 Å². The summed E-state index contributed by atoms with van der Waals surface area (Å²) in [6, 6.07) is 14.5. The zero-order chi connectivity index (χ0) is 21.8. The van der Waals surface area contributed by atoms with Gasteiger partial charge in [-0.25, -0.2) is 4.79 Å². The summed E-state index contributed by atoms with van der Waals surface area (Å²) in [5, 5.41) is 12.4. The van der Waals surface area contributed by atoms with E-state index >= 15 is 0 Å². The second kappa shape index (κ2) is 8.66. The van der Waals surface area contributed by atoms with E-state index in [1.54, 1.807) is 39.3 Å². The number of aromatic nitrogens is 5. The first-order valence-electron chi connectivity index (χ1n) is 9.30. The molecule has 31 heavy (non-hydrogen) atoms. The lowest BCUT2D eigenvalue weighted by atomic mass is 10.2. The van der Waals surface area contributed by atoms with Crippen molar-refractivity contribution in [1.29, 1.82) is 0 Å². The molecule has 0 saturated heterocycles. The molecular weight excluding hydrogens is 402 g/mol. The van der Waals surface area contributed by atoms with E-state index in [1.165, 1.54) is 4.80 Å². The lowest BCUT2D eigenvalue weighted by molar-refractivity contribution is 0.0421. The van der Waals surface area contributed by atoms with E-state index in [1.807, 2.05) is 30.3 Å². The van der Waals surface area contributed by atoms with Crippen LogP contribution in [0.3, 0.4) is 0 Å². The number of carbonyl (C=O) groups excluding carboxylic acids is 1. The van der Waals surface area contributed by atoms with E-state index in [9.17, 15) is 4.79 Å². The molecule has 0 N–H and O–H groups in total. The van der Waals surface area contributed by atoms with Gasteiger partial charge in [0.1, 0.15) is 0 Å². The summed E-state index contributed by atoms with van der Waals surface area (Å²) in [4.78, 5) is 18.1. The van der Waals surface area contributed by atoms with Crippen LogP contribution in [0.5, 0.6) is 11.5 Å². The highest BCUT2D eigenvalue weighted by Crippen LogP contribution is 2.31. The molecule has 0 aliphatic carbocycles. The molecule has 0 spiro atoms. The molecule has 4 aromatic rings. The Morgan fingerprint density at radius 3 is 2.55 bits per heavy atom. The Morgan fingerprint density at radius 1 is 1.03 bits per heavy atom. The van der Waals surface area contributed by atoms with Crippen molar-refractivity contribution in [2.75, 3.05) is 14.2 Å². The van der Waals surface area contributed by atoms with E-state index in [2.05, 4.69) is 20.3 Å². The van der Waals surface area contributed by atoms with Crippen molar-refractivity contribution in [2.24, 2.45) is 0 Å². The fourth-order valence-corrected chi connectivity index (χ4v) is 2.85. The minimum Gasteiger partial charge on any atom is -0.493 e. The van der Waals surface area contributed by atoms with Gasteiger partial charge in [-0.15, -0.1) is 5.10 Å². The van der Waals surface area contributed by atoms with Crippen molar-refractivity contribution in [3.05, 3.63) is 65.8 Å². The summed E-state index contributed by atoms with van der Waals surface area (Å²) in [5.41, 5.74) is 1.97. The third kappa shape index (κ3) is 4.22. The summed E-state index contributed by atoms with van der Waals surface area (Å²) in [7, 11) is 3.09. The van der Waals surface area contributed by atoms with E-state index in [-0.39, 0.29) is 18.2 Å². The molecule has 0 saturated carbocycles. The number of hydrogen-bond acceptors (Lipinski definition) is 9. The summed E-state index contributed by atoms with van der Waals surface area (Å²) in [5.74, 6) is 0.965. The molecule has 158 valence electrons. The van der Waals surface area contributed by atoms with Gasteiger partial charge in [0.25, 0.3) is 5.89 Å². The fraction of sp³-hybridized carbons (Fsp3) is 0.190. The number of aryl methyl sites for hydroxylation is 1. The van der Waals surface area contributed by atoms with Crippen molar-refractivity contribution < 1.29 is 23.5 Å². The summed E-state index contributed by atoms with van der Waals surface area (Å²) in [6.45, 7) is 1.49. The Labute approximate surface area is 177 Å². The highest BCUT2D eigenvalue weighted by Gasteiger charge is 2.20. The maximum absolute atomic E-state index is 12.5. The number of nitrogens with zero attached hydrogens (tertiary/aromatic N) is 5. The number of methoxy groups -OCH3 is 2. The number of para-hydroxylation sites is 1. The van der Waals surface area contributed by atoms with E-state index in [0.29, 0.717) is 28.6 Å². The summed E-state index contributed by atoms with van der Waals surface area (Å²) >= 11 is 0. The van der Waals surface area contributed by atoms with Gasteiger partial charge in [-0.1, -0.05) is 23.4 Å². The summed E-state index contributed by atoms with van der Waals surface area (Å²) in [6.07, 6.45) is 0. The van der Waals surface area contributed by atoms with Gasteiger partial charge in [-0.3, -0.25) is 0 Å². The molecule has 2 heterocycles. The number of rotatable bonds is 7. The Balaban J connectivity index is 1.44. The Kier molecular flexibility index (Phi) is 5.61. The van der Waals surface area contributed by atoms with E-state index < -0.39 is 5.97 Å². The Bertz CT molecular complexity index is 1200. The molecule has 0 amide bonds. The van der Waals surface area contributed by atoms with Crippen LogP contribution < -0.4 is 9.47 Å². The number of ether oxygens (including phenoxy) is 3. The molecule has 0 aliphatic heterocycles. The SMILES string of the molecule is COc1ccc(-c2noc(COC(=O)c3nn(-c4ccccc4)nc3C)n2)cc1OC. The minimum atomic E-state index is -0.634. The predicted molar refractivity (Wildman–Crippen MR) is 108 cm³/mol. The van der Waals surface area contributed by atoms with Gasteiger partial charge in [0.2, 0.25) is 5.82 Å². The van der Waals surface area contributed by atoms with Crippen LogP contribution in [-0.4, -0.2) is 45.3 Å². The first-order chi connectivity index (χ1) is 15.1. The van der Waals surface area contributed by atoms with Gasteiger partial charge in [-0.2, -0.15) is 14.9 Å². The smallest absolute Gasteiger partial charge is 0.361 e. The Hall–Kier alpha value is -4.21. The third-order valence-electron chi connectivity index (χ3n) is 4.40. The average Bonchev–Trinajstić information content (AvgIpc) is 3.44. The maximum Gasteiger partial charge on any atom is 0.361 e. The van der Waals surface area contributed by atoms with Gasteiger partial charge >= 0.3 is 5.97 Å². The third-order valence-corrected chi connectivity index (χ3v) is 4.40. The van der Waals surface area contributed by atoms with Crippen LogP contribution >= 0.6 is 0 Å². The first kappa shape index (κ1) is 20.1. The number of hydrogen-bond donors (Lipinski definition) is 0. The van der Waals surface area contributed by atoms with Crippen LogP contribution in [0.15, 0.2) is 53.1 Å². The van der Waals surface area contributed by atoms with Crippen LogP contribution in [0.25, 0.3) is 17.1 Å². The van der Waals surface area contributed by atoms with Gasteiger partial charge in [0.15, 0.2) is 23.8 Å². The van der Waals surface area contributed by atoms with Crippen LogP contribution in [0.4, 0.5) is 0 Å². The number of esters is 1. The van der Waals surface area contributed by atoms with E-state index in [0.717, 1.165) is 5.69 Å². The first-order valence-corrected chi connectivity index (χ1v) is 9.30. The molecule has 0 bridgehead atoms. The second-order valence-corrected chi connectivity index (χ2v) is 6.42. The molecule has 2 aromatic carbocycles. The van der Waals surface area contributed by atoms with Gasteiger partial charge in [-0.05, 0) is 37.3 Å². The average molecular weight is 421 g/mol. The van der Waals surface area contributed by atoms with Gasteiger partial charge < -0.3 is 18.7 Å². The van der Waals surface area contributed by atoms with Crippen molar-refractivity contribution in [2.45, 2.75) is 13.5 Å². The molecule has 10 heteroatoms. The molecule has 0 unspecified atom stereocenters. The zero-order valence-electron chi connectivity index (χ0n) is 17.1. The van der Waals surface area contributed by atoms with Crippen molar-refractivity contribution in [3.8, 4) is 28.6 Å². The summed E-state index contributed by atoms with van der Waals surface area (Å²) < 4.78 is 21.0. The normalized spacial score (nSPS) is 10.7. The predicted octanol–water partition coefficient (Wildman–Crippen LogP) is 3.00. The van der Waals surface area contributed by atoms with Gasteiger partial charge in [0, 0.05) is 5.56 Å². The highest BCUT2D eigenvalue weighted by molar-refractivity contribution is 5.88. The molecule has 0 fully saturated rings.